The molecule has 3 heteroatoms. The van der Waals surface area contributed by atoms with Crippen LogP contribution < -0.4 is 4.74 Å². The molecule has 0 saturated carbocycles. The third kappa shape index (κ3) is 2.31. The molecule has 1 heterocycles. The normalized spacial score (nSPS) is 8.46. The van der Waals surface area contributed by atoms with E-state index in [-0.39, 0.29) is 0 Å². The molecule has 0 aliphatic carbocycles. The molecule has 0 radical (unpaired) electrons. The molecule has 0 amide bonds. The summed E-state index contributed by atoms with van der Waals surface area (Å²) in [6.45, 7) is 1.89. The Labute approximate surface area is 76.8 Å². The Morgan fingerprint density at radius 1 is 1.62 bits per heavy atom. The molecule has 0 atom stereocenters. The number of carbonyl (C=O) groups is 1. The molecule has 1 rings (SSSR count). The van der Waals surface area contributed by atoms with Crippen LogP contribution >= 0.6 is 0 Å². The van der Waals surface area contributed by atoms with Gasteiger partial charge in [0.2, 0.25) is 5.88 Å². The highest BCUT2D eigenvalue weighted by molar-refractivity contribution is 5.74. The number of pyridine rings is 1. The van der Waals surface area contributed by atoms with E-state index in [9.17, 15) is 4.79 Å². The maximum absolute atomic E-state index is 9.99. The largest absolute Gasteiger partial charge is 0.481 e. The molecular weight excluding hydrogens is 166 g/mol. The molecule has 3 nitrogen and oxygen atoms in total. The fourth-order valence-electron chi connectivity index (χ4n) is 0.880. The fraction of sp³-hybridized carbons (Fsp3) is 0.200. The summed E-state index contributed by atoms with van der Waals surface area (Å²) in [4.78, 5) is 14.0. The van der Waals surface area contributed by atoms with Gasteiger partial charge in [0.25, 0.3) is 0 Å². The number of ether oxygens (including phenoxy) is 1. The van der Waals surface area contributed by atoms with Gasteiger partial charge in [0.1, 0.15) is 0 Å². The van der Waals surface area contributed by atoms with Crippen LogP contribution in [0.5, 0.6) is 5.88 Å². The average Bonchev–Trinajstić information content (AvgIpc) is 2.16. The Morgan fingerprint density at radius 3 is 2.92 bits per heavy atom. The van der Waals surface area contributed by atoms with Crippen LogP contribution in [0.3, 0.4) is 0 Å². The molecule has 13 heavy (non-hydrogen) atoms. The van der Waals surface area contributed by atoms with Crippen LogP contribution in [-0.4, -0.2) is 18.4 Å². The summed E-state index contributed by atoms with van der Waals surface area (Å²) in [6.07, 6.45) is 2.15. The van der Waals surface area contributed by atoms with E-state index >= 15 is 0 Å². The number of nitrogens with zero attached hydrogens (tertiary/aromatic N) is 1. The summed E-state index contributed by atoms with van der Waals surface area (Å²) in [5.41, 5.74) is 1.69. The number of hydrogen-bond donors (Lipinski definition) is 0. The van der Waals surface area contributed by atoms with E-state index in [4.69, 9.17) is 4.74 Å². The number of carbonyl (C=O) groups excluding carboxylic acids is 1. The number of aryl methyl sites for hydroxylation is 1. The lowest BCUT2D eigenvalue weighted by Crippen LogP contribution is -1.90. The minimum absolute atomic E-state index is 0.550. The Kier molecular flexibility index (Phi) is 3.04. The van der Waals surface area contributed by atoms with Gasteiger partial charge in [0.05, 0.1) is 7.11 Å². The topological polar surface area (TPSA) is 39.2 Å². The first-order valence-corrected chi connectivity index (χ1v) is 3.73. The molecule has 0 saturated heterocycles. The molecule has 0 unspecified atom stereocenters. The zero-order chi connectivity index (χ0) is 9.68. The number of aldehydes is 1. The highest BCUT2D eigenvalue weighted by Crippen LogP contribution is 2.11. The zero-order valence-corrected chi connectivity index (χ0v) is 7.50. The van der Waals surface area contributed by atoms with Gasteiger partial charge in [-0.25, -0.2) is 4.98 Å². The first-order valence-electron chi connectivity index (χ1n) is 3.73. The van der Waals surface area contributed by atoms with Gasteiger partial charge < -0.3 is 4.74 Å². The van der Waals surface area contributed by atoms with Gasteiger partial charge in [-0.05, 0) is 18.4 Å². The Balaban J connectivity index is 3.05. The van der Waals surface area contributed by atoms with Crippen molar-refractivity contribution in [2.24, 2.45) is 0 Å². The number of aromatic nitrogens is 1. The predicted octanol–water partition coefficient (Wildman–Crippen LogP) is 0.949. The highest BCUT2D eigenvalue weighted by Gasteiger charge is 1.97. The Bertz CT molecular complexity index is 374. The van der Waals surface area contributed by atoms with E-state index in [0.29, 0.717) is 12.2 Å². The van der Waals surface area contributed by atoms with Gasteiger partial charge in [-0.15, -0.1) is 0 Å². The van der Waals surface area contributed by atoms with E-state index in [1.54, 1.807) is 19.4 Å². The SMILES string of the molecule is COc1cc(C)c(C#CC=O)cn1. The van der Waals surface area contributed by atoms with Crippen molar-refractivity contribution in [2.45, 2.75) is 6.92 Å². The fourth-order valence-corrected chi connectivity index (χ4v) is 0.880. The smallest absolute Gasteiger partial charge is 0.213 e. The van der Waals surface area contributed by atoms with Crippen molar-refractivity contribution in [1.29, 1.82) is 0 Å². The Hall–Kier alpha value is -1.82. The molecule has 1 aromatic heterocycles. The zero-order valence-electron chi connectivity index (χ0n) is 7.50. The van der Waals surface area contributed by atoms with Gasteiger partial charge in [0, 0.05) is 17.8 Å². The van der Waals surface area contributed by atoms with E-state index in [1.807, 2.05) is 6.92 Å². The van der Waals surface area contributed by atoms with Crippen LogP contribution in [-0.2, 0) is 4.79 Å². The second-order valence-corrected chi connectivity index (χ2v) is 2.43. The Morgan fingerprint density at radius 2 is 2.38 bits per heavy atom. The van der Waals surface area contributed by atoms with E-state index < -0.39 is 0 Å². The summed E-state index contributed by atoms with van der Waals surface area (Å²) in [7, 11) is 1.55. The lowest BCUT2D eigenvalue weighted by Gasteiger charge is -2.00. The second-order valence-electron chi connectivity index (χ2n) is 2.43. The first kappa shape index (κ1) is 9.27. The first-order chi connectivity index (χ1) is 6.27. The summed E-state index contributed by atoms with van der Waals surface area (Å²) in [5.74, 6) is 5.56. The molecule has 0 aliphatic heterocycles. The standard InChI is InChI=1S/C10H9NO2/c1-8-6-10(13-2)11-7-9(8)4-3-5-12/h5-7H,1-2H3. The monoisotopic (exact) mass is 175 g/mol. The van der Waals surface area contributed by atoms with Crippen molar-refractivity contribution in [3.63, 3.8) is 0 Å². The molecule has 0 spiro atoms. The van der Waals surface area contributed by atoms with Crippen LogP contribution in [0.15, 0.2) is 12.3 Å². The third-order valence-corrected chi connectivity index (χ3v) is 1.56. The van der Waals surface area contributed by atoms with E-state index in [1.165, 1.54) is 0 Å². The van der Waals surface area contributed by atoms with Crippen molar-refractivity contribution in [2.75, 3.05) is 7.11 Å². The molecule has 66 valence electrons. The van der Waals surface area contributed by atoms with Gasteiger partial charge in [-0.2, -0.15) is 0 Å². The average molecular weight is 175 g/mol. The van der Waals surface area contributed by atoms with Gasteiger partial charge in [-0.1, -0.05) is 5.92 Å². The van der Waals surface area contributed by atoms with Crippen LogP contribution in [0, 0.1) is 18.8 Å². The van der Waals surface area contributed by atoms with Crippen LogP contribution in [0.2, 0.25) is 0 Å². The van der Waals surface area contributed by atoms with Gasteiger partial charge >= 0.3 is 0 Å². The van der Waals surface area contributed by atoms with Crippen molar-refractivity contribution >= 4 is 6.29 Å². The molecule has 0 aromatic carbocycles. The lowest BCUT2D eigenvalue weighted by molar-refractivity contribution is -0.103. The van der Waals surface area contributed by atoms with Crippen molar-refractivity contribution in [3.05, 3.63) is 23.4 Å². The van der Waals surface area contributed by atoms with Crippen molar-refractivity contribution in [3.8, 4) is 17.7 Å². The van der Waals surface area contributed by atoms with Crippen molar-refractivity contribution in [1.82, 2.24) is 4.98 Å². The van der Waals surface area contributed by atoms with Crippen LogP contribution in [0.1, 0.15) is 11.1 Å². The molecule has 0 fully saturated rings. The van der Waals surface area contributed by atoms with Gasteiger partial charge in [0.15, 0.2) is 6.29 Å². The summed E-state index contributed by atoms with van der Waals surface area (Å²) >= 11 is 0. The highest BCUT2D eigenvalue weighted by atomic mass is 16.5. The maximum Gasteiger partial charge on any atom is 0.213 e. The lowest BCUT2D eigenvalue weighted by atomic mass is 10.2. The molecule has 0 bridgehead atoms. The number of rotatable bonds is 1. The van der Waals surface area contributed by atoms with E-state index in [2.05, 4.69) is 16.8 Å². The van der Waals surface area contributed by atoms with Crippen LogP contribution in [0.4, 0.5) is 0 Å². The summed E-state index contributed by atoms with van der Waals surface area (Å²) in [5, 5.41) is 0. The quantitative estimate of drug-likeness (QED) is 0.471. The summed E-state index contributed by atoms with van der Waals surface area (Å²) < 4.78 is 4.93. The van der Waals surface area contributed by atoms with Gasteiger partial charge in [-0.3, -0.25) is 4.79 Å². The summed E-state index contributed by atoms with van der Waals surface area (Å²) in [6, 6.07) is 1.77. The molecule has 0 N–H and O–H groups in total. The molecule has 0 aliphatic rings. The van der Waals surface area contributed by atoms with Crippen LogP contribution in [0.25, 0.3) is 0 Å². The minimum Gasteiger partial charge on any atom is -0.481 e. The van der Waals surface area contributed by atoms with E-state index in [0.717, 1.165) is 11.1 Å². The predicted molar refractivity (Wildman–Crippen MR) is 48.5 cm³/mol. The maximum atomic E-state index is 9.99. The molecular formula is C10H9NO2. The minimum atomic E-state index is 0.550. The number of hydrogen-bond acceptors (Lipinski definition) is 3. The third-order valence-electron chi connectivity index (χ3n) is 1.56. The second kappa shape index (κ2) is 4.27. The molecule has 1 aromatic rings. The number of methoxy groups -OCH3 is 1. The van der Waals surface area contributed by atoms with Crippen molar-refractivity contribution < 1.29 is 9.53 Å².